The van der Waals surface area contributed by atoms with Gasteiger partial charge in [-0.15, -0.1) is 0 Å². The van der Waals surface area contributed by atoms with Gasteiger partial charge in [-0.2, -0.15) is 0 Å². The molecule has 4 atom stereocenters. The van der Waals surface area contributed by atoms with E-state index in [-0.39, 0.29) is 23.9 Å². The third kappa shape index (κ3) is 3.26. The maximum absolute atomic E-state index is 13.5. The lowest BCUT2D eigenvalue weighted by Crippen LogP contribution is -2.40. The number of hydrogen-bond acceptors (Lipinski definition) is 4. The third-order valence-corrected chi connectivity index (χ3v) is 6.54. The number of benzene rings is 2. The van der Waals surface area contributed by atoms with E-state index in [2.05, 4.69) is 38.4 Å². The van der Waals surface area contributed by atoms with Crippen molar-refractivity contribution in [3.05, 3.63) is 94.7 Å². The lowest BCUT2D eigenvalue weighted by molar-refractivity contribution is -0.123. The van der Waals surface area contributed by atoms with Crippen LogP contribution in [0.3, 0.4) is 0 Å². The molecule has 2 saturated heterocycles. The van der Waals surface area contributed by atoms with Crippen molar-refractivity contribution in [2.45, 2.75) is 18.5 Å². The quantitative estimate of drug-likeness (QED) is 0.598. The molecule has 5 rings (SSSR count). The van der Waals surface area contributed by atoms with Crippen LogP contribution < -0.4 is 10.2 Å². The van der Waals surface area contributed by atoms with Gasteiger partial charge in [0.2, 0.25) is 11.8 Å². The highest BCUT2D eigenvalue weighted by Gasteiger charge is 2.59. The maximum Gasteiger partial charge on any atom is 0.239 e. The van der Waals surface area contributed by atoms with Crippen LogP contribution in [0, 0.1) is 11.8 Å². The summed E-state index contributed by atoms with van der Waals surface area (Å²) in [5.41, 5.74) is 2.69. The van der Waals surface area contributed by atoms with Gasteiger partial charge in [0.15, 0.2) is 0 Å². The minimum Gasteiger partial charge on any atom is -0.305 e. The molecule has 2 aliphatic rings. The highest BCUT2D eigenvalue weighted by molar-refractivity contribution is 9.10. The predicted octanol–water partition coefficient (Wildman–Crippen LogP) is 3.91. The molecular weight excluding hydrogens is 442 g/mol. The molecule has 5 nitrogen and oxygen atoms in total. The lowest BCUT2D eigenvalue weighted by Gasteiger charge is -2.22. The Hall–Kier alpha value is -2.83. The smallest absolute Gasteiger partial charge is 0.239 e. The van der Waals surface area contributed by atoms with Gasteiger partial charge in [0.1, 0.15) is 0 Å². The molecule has 2 aromatic carbocycles. The first kappa shape index (κ1) is 19.2. The number of anilines is 1. The molecule has 2 amide bonds. The fraction of sp³-hybridized carbons (Fsp3) is 0.208. The number of aromatic nitrogens is 1. The van der Waals surface area contributed by atoms with Crippen LogP contribution in [-0.4, -0.2) is 22.8 Å². The van der Waals surface area contributed by atoms with Crippen LogP contribution in [0.2, 0.25) is 0 Å². The lowest BCUT2D eigenvalue weighted by atomic mass is 9.85. The average molecular weight is 462 g/mol. The van der Waals surface area contributed by atoms with Crippen LogP contribution in [0.25, 0.3) is 0 Å². The number of imide groups is 1. The number of nitrogens with zero attached hydrogens (tertiary/aromatic N) is 2. The van der Waals surface area contributed by atoms with Crippen LogP contribution in [-0.2, 0) is 16.0 Å². The molecule has 150 valence electrons. The van der Waals surface area contributed by atoms with E-state index in [1.807, 2.05) is 42.5 Å². The minimum atomic E-state index is -0.445. The van der Waals surface area contributed by atoms with Crippen molar-refractivity contribution in [2.75, 3.05) is 4.90 Å². The number of fused-ring (bicyclic) bond motifs is 1. The SMILES string of the molecule is O=C1[C@@H]2[C@@H](C(=O)N1c1ccc(Br)cc1)[C@H](c1cccnc1)N[C@@H]2Cc1ccccc1. The van der Waals surface area contributed by atoms with Crippen molar-refractivity contribution in [2.24, 2.45) is 11.8 Å². The van der Waals surface area contributed by atoms with E-state index in [9.17, 15) is 9.59 Å². The van der Waals surface area contributed by atoms with Gasteiger partial charge < -0.3 is 5.32 Å². The van der Waals surface area contributed by atoms with E-state index in [4.69, 9.17) is 0 Å². The summed E-state index contributed by atoms with van der Waals surface area (Å²) < 4.78 is 0.905. The molecule has 1 aromatic heterocycles. The average Bonchev–Trinajstić information content (AvgIpc) is 3.27. The molecule has 2 fully saturated rings. The van der Waals surface area contributed by atoms with Crippen LogP contribution in [0.4, 0.5) is 5.69 Å². The van der Waals surface area contributed by atoms with Crippen molar-refractivity contribution in [3.63, 3.8) is 0 Å². The standard InChI is InChI=1S/C24H20BrN3O2/c25-17-8-10-18(11-9-17)28-23(29)20-19(13-15-5-2-1-3-6-15)27-22(21(20)24(28)30)16-7-4-12-26-14-16/h1-12,14,19-22,27H,13H2/t19-,20+,21-,22+/m1/s1. The van der Waals surface area contributed by atoms with Crippen LogP contribution >= 0.6 is 15.9 Å². The van der Waals surface area contributed by atoms with Gasteiger partial charge in [-0.3, -0.25) is 14.6 Å². The summed E-state index contributed by atoms with van der Waals surface area (Å²) in [5.74, 6) is -1.14. The van der Waals surface area contributed by atoms with Crippen molar-refractivity contribution in [3.8, 4) is 0 Å². The summed E-state index contributed by atoms with van der Waals surface area (Å²) in [7, 11) is 0. The van der Waals surface area contributed by atoms with Crippen LogP contribution in [0.15, 0.2) is 83.6 Å². The number of halogens is 1. The topological polar surface area (TPSA) is 62.3 Å². The summed E-state index contributed by atoms with van der Waals surface area (Å²) >= 11 is 3.41. The van der Waals surface area contributed by atoms with Gasteiger partial charge in [0.05, 0.1) is 17.5 Å². The fourth-order valence-corrected chi connectivity index (χ4v) is 4.95. The molecule has 0 saturated carbocycles. The van der Waals surface area contributed by atoms with Gasteiger partial charge in [-0.05, 0) is 47.9 Å². The Morgan fingerprint density at radius 2 is 1.63 bits per heavy atom. The number of amides is 2. The number of carbonyl (C=O) groups excluding carboxylic acids is 2. The van der Waals surface area contributed by atoms with Gasteiger partial charge >= 0.3 is 0 Å². The molecule has 0 aliphatic carbocycles. The summed E-state index contributed by atoms with van der Waals surface area (Å²) in [6, 6.07) is 20.9. The zero-order valence-corrected chi connectivity index (χ0v) is 17.7. The van der Waals surface area contributed by atoms with E-state index >= 15 is 0 Å². The van der Waals surface area contributed by atoms with Crippen LogP contribution in [0.1, 0.15) is 17.2 Å². The van der Waals surface area contributed by atoms with Gasteiger partial charge in [-0.25, -0.2) is 4.90 Å². The first-order valence-electron chi connectivity index (χ1n) is 9.97. The van der Waals surface area contributed by atoms with E-state index in [0.29, 0.717) is 12.1 Å². The first-order valence-corrected chi connectivity index (χ1v) is 10.8. The summed E-state index contributed by atoms with van der Waals surface area (Å²) in [6.07, 6.45) is 4.18. The molecule has 3 heterocycles. The number of carbonyl (C=O) groups is 2. The Morgan fingerprint density at radius 3 is 2.33 bits per heavy atom. The molecule has 0 spiro atoms. The van der Waals surface area contributed by atoms with Crippen molar-refractivity contribution in [1.29, 1.82) is 0 Å². The second-order valence-corrected chi connectivity index (χ2v) is 8.68. The normalized spacial score (nSPS) is 25.6. The second-order valence-electron chi connectivity index (χ2n) is 7.77. The molecule has 0 bridgehead atoms. The Morgan fingerprint density at radius 1 is 0.900 bits per heavy atom. The Labute approximate surface area is 183 Å². The summed E-state index contributed by atoms with van der Waals surface area (Å²) in [5, 5.41) is 3.58. The highest BCUT2D eigenvalue weighted by atomic mass is 79.9. The summed E-state index contributed by atoms with van der Waals surface area (Å²) in [6.45, 7) is 0. The van der Waals surface area contributed by atoms with E-state index in [0.717, 1.165) is 15.6 Å². The van der Waals surface area contributed by atoms with Crippen molar-refractivity contribution < 1.29 is 9.59 Å². The van der Waals surface area contributed by atoms with E-state index in [1.54, 1.807) is 24.5 Å². The molecule has 1 N–H and O–H groups in total. The van der Waals surface area contributed by atoms with Crippen molar-refractivity contribution >= 4 is 33.4 Å². The Balaban J connectivity index is 1.53. The first-order chi connectivity index (χ1) is 14.6. The zero-order chi connectivity index (χ0) is 20.7. The number of rotatable bonds is 4. The Bertz CT molecular complexity index is 1070. The highest BCUT2D eigenvalue weighted by Crippen LogP contribution is 2.45. The number of nitrogens with one attached hydrogen (secondary N) is 1. The zero-order valence-electron chi connectivity index (χ0n) is 16.1. The van der Waals surface area contributed by atoms with Crippen LogP contribution in [0.5, 0.6) is 0 Å². The van der Waals surface area contributed by atoms with Gasteiger partial charge in [0, 0.05) is 29.0 Å². The molecule has 0 unspecified atom stereocenters. The molecule has 0 radical (unpaired) electrons. The maximum atomic E-state index is 13.5. The predicted molar refractivity (Wildman–Crippen MR) is 118 cm³/mol. The van der Waals surface area contributed by atoms with E-state index < -0.39 is 11.8 Å². The van der Waals surface area contributed by atoms with Crippen molar-refractivity contribution in [1.82, 2.24) is 10.3 Å². The van der Waals surface area contributed by atoms with E-state index in [1.165, 1.54) is 4.90 Å². The fourth-order valence-electron chi connectivity index (χ4n) is 4.69. The second kappa shape index (κ2) is 7.78. The largest absolute Gasteiger partial charge is 0.305 e. The van der Waals surface area contributed by atoms with Gasteiger partial charge in [-0.1, -0.05) is 52.3 Å². The summed E-state index contributed by atoms with van der Waals surface area (Å²) in [4.78, 5) is 32.6. The Kier molecular flexibility index (Phi) is 4.97. The minimum absolute atomic E-state index is 0.125. The molecule has 30 heavy (non-hydrogen) atoms. The number of hydrogen-bond donors (Lipinski definition) is 1. The molecule has 6 heteroatoms. The monoisotopic (exact) mass is 461 g/mol. The number of pyridine rings is 1. The molecular formula is C24H20BrN3O2. The molecule has 3 aromatic rings. The third-order valence-electron chi connectivity index (χ3n) is 6.01. The molecule has 2 aliphatic heterocycles. The van der Waals surface area contributed by atoms with Gasteiger partial charge in [0.25, 0.3) is 0 Å².